The maximum atomic E-state index is 12.4. The Bertz CT molecular complexity index is 570. The maximum absolute atomic E-state index is 12.4. The molecule has 2 bridgehead atoms. The Kier molecular flexibility index (Phi) is 3.35. The lowest BCUT2D eigenvalue weighted by Crippen LogP contribution is -2.45. The van der Waals surface area contributed by atoms with Crippen molar-refractivity contribution >= 4 is 12.0 Å². The van der Waals surface area contributed by atoms with Gasteiger partial charge >= 0.3 is 12.0 Å². The third-order valence-electron chi connectivity index (χ3n) is 4.44. The van der Waals surface area contributed by atoms with Gasteiger partial charge in [-0.05, 0) is 33.1 Å². The molecule has 7 nitrogen and oxygen atoms in total. The van der Waals surface area contributed by atoms with Gasteiger partial charge in [0.25, 0.3) is 0 Å². The van der Waals surface area contributed by atoms with Gasteiger partial charge in [0.2, 0.25) is 5.89 Å². The van der Waals surface area contributed by atoms with Crippen LogP contribution >= 0.6 is 0 Å². The number of rotatable bonds is 3. The summed E-state index contributed by atoms with van der Waals surface area (Å²) in [5, 5.41) is 12.1. The first-order chi connectivity index (χ1) is 9.97. The summed E-state index contributed by atoms with van der Waals surface area (Å²) in [6, 6.07) is -0.718. The third-order valence-corrected chi connectivity index (χ3v) is 4.44. The molecule has 3 heterocycles. The van der Waals surface area contributed by atoms with Gasteiger partial charge in [-0.3, -0.25) is 4.79 Å². The Hall–Kier alpha value is -2.05. The lowest BCUT2D eigenvalue weighted by molar-refractivity contribution is -0.142. The quantitative estimate of drug-likeness (QED) is 0.884. The molecule has 0 radical (unpaired) electrons. The van der Waals surface area contributed by atoms with Crippen molar-refractivity contribution < 1.29 is 19.1 Å². The second-order valence-electron chi connectivity index (χ2n) is 5.87. The van der Waals surface area contributed by atoms with E-state index in [1.807, 2.05) is 0 Å². The largest absolute Gasteiger partial charge is 0.481 e. The molecule has 21 heavy (non-hydrogen) atoms. The van der Waals surface area contributed by atoms with Crippen molar-refractivity contribution in [1.82, 2.24) is 15.2 Å². The van der Waals surface area contributed by atoms with Gasteiger partial charge < -0.3 is 19.7 Å². The van der Waals surface area contributed by atoms with E-state index in [0.717, 1.165) is 12.8 Å². The van der Waals surface area contributed by atoms with E-state index in [2.05, 4.69) is 10.3 Å². The van der Waals surface area contributed by atoms with Crippen molar-refractivity contribution in [2.75, 3.05) is 0 Å². The number of urea groups is 1. The number of carboxylic acids is 1. The summed E-state index contributed by atoms with van der Waals surface area (Å²) in [6.07, 6.45) is 3.81. The van der Waals surface area contributed by atoms with Crippen LogP contribution in [0.2, 0.25) is 0 Å². The number of carbonyl (C=O) groups is 2. The van der Waals surface area contributed by atoms with Crippen molar-refractivity contribution in [3.8, 4) is 0 Å². The highest BCUT2D eigenvalue weighted by Gasteiger charge is 2.51. The van der Waals surface area contributed by atoms with Crippen LogP contribution in [0.4, 0.5) is 4.79 Å². The average Bonchev–Trinajstić information content (AvgIpc) is 3.11. The van der Waals surface area contributed by atoms with Gasteiger partial charge in [-0.1, -0.05) is 0 Å². The molecule has 2 aliphatic rings. The van der Waals surface area contributed by atoms with Crippen LogP contribution in [0.1, 0.15) is 43.9 Å². The Labute approximate surface area is 122 Å². The van der Waals surface area contributed by atoms with Gasteiger partial charge in [0.05, 0.1) is 12.1 Å². The standard InChI is InChI=1S/C14H19N3O4/c1-7-6-15-12(21-7)8(2)16-14(20)17-9-3-4-11(17)10(5-9)13(18)19/h6,8-11H,3-5H2,1-2H3,(H,16,20)(H,18,19). The molecule has 2 aliphatic heterocycles. The van der Waals surface area contributed by atoms with E-state index in [1.165, 1.54) is 0 Å². The molecule has 114 valence electrons. The zero-order valence-corrected chi connectivity index (χ0v) is 12.1. The topological polar surface area (TPSA) is 95.7 Å². The van der Waals surface area contributed by atoms with E-state index in [9.17, 15) is 14.7 Å². The monoisotopic (exact) mass is 293 g/mol. The van der Waals surface area contributed by atoms with Crippen molar-refractivity contribution in [2.24, 2.45) is 5.92 Å². The van der Waals surface area contributed by atoms with Crippen LogP contribution in [0.3, 0.4) is 0 Å². The second kappa shape index (κ2) is 5.05. The first-order valence-corrected chi connectivity index (χ1v) is 7.21. The number of aryl methyl sites for hydroxylation is 1. The van der Waals surface area contributed by atoms with Crippen molar-refractivity contribution in [1.29, 1.82) is 0 Å². The van der Waals surface area contributed by atoms with Gasteiger partial charge in [0.1, 0.15) is 11.8 Å². The number of carboxylic acid groups (broad SMARTS) is 1. The lowest BCUT2D eigenvalue weighted by atomic mass is 9.89. The average molecular weight is 293 g/mol. The number of oxazole rings is 1. The second-order valence-corrected chi connectivity index (χ2v) is 5.87. The summed E-state index contributed by atoms with van der Waals surface area (Å²) in [5.41, 5.74) is 0. The van der Waals surface area contributed by atoms with Crippen LogP contribution in [0.5, 0.6) is 0 Å². The van der Waals surface area contributed by atoms with Gasteiger partial charge in [0.15, 0.2) is 0 Å². The number of aliphatic carboxylic acids is 1. The summed E-state index contributed by atoms with van der Waals surface area (Å²) in [6.45, 7) is 3.60. The minimum absolute atomic E-state index is 0.0367. The van der Waals surface area contributed by atoms with Crippen molar-refractivity contribution in [3.63, 3.8) is 0 Å². The van der Waals surface area contributed by atoms with Gasteiger partial charge in [0, 0.05) is 12.1 Å². The third kappa shape index (κ3) is 2.36. The molecule has 2 fully saturated rings. The van der Waals surface area contributed by atoms with Gasteiger partial charge in [-0.2, -0.15) is 0 Å². The van der Waals surface area contributed by atoms with Gasteiger partial charge in [-0.15, -0.1) is 0 Å². The molecule has 0 spiro atoms. The number of amides is 2. The predicted octanol–water partition coefficient (Wildman–Crippen LogP) is 1.69. The van der Waals surface area contributed by atoms with E-state index in [0.29, 0.717) is 18.1 Å². The summed E-state index contributed by atoms with van der Waals surface area (Å²) in [4.78, 5) is 29.4. The molecule has 3 rings (SSSR count). The molecule has 0 saturated carbocycles. The van der Waals surface area contributed by atoms with Crippen molar-refractivity contribution in [3.05, 3.63) is 17.8 Å². The van der Waals surface area contributed by atoms with Crippen LogP contribution in [0.15, 0.2) is 10.6 Å². The number of nitrogens with zero attached hydrogens (tertiary/aromatic N) is 2. The number of hydrogen-bond acceptors (Lipinski definition) is 4. The van der Waals surface area contributed by atoms with E-state index in [4.69, 9.17) is 4.42 Å². The Morgan fingerprint density at radius 2 is 2.29 bits per heavy atom. The number of carbonyl (C=O) groups excluding carboxylic acids is 1. The van der Waals surface area contributed by atoms with Crippen LogP contribution in [-0.2, 0) is 4.79 Å². The molecule has 2 N–H and O–H groups in total. The molecule has 7 heteroatoms. The molecule has 4 atom stereocenters. The number of nitrogens with one attached hydrogen (secondary N) is 1. The summed E-state index contributed by atoms with van der Waals surface area (Å²) in [5.74, 6) is -0.0920. The first kappa shape index (κ1) is 13.9. The zero-order valence-electron chi connectivity index (χ0n) is 12.1. The van der Waals surface area contributed by atoms with E-state index < -0.39 is 11.9 Å². The minimum atomic E-state index is -0.809. The lowest BCUT2D eigenvalue weighted by Gasteiger charge is -2.24. The molecular formula is C14H19N3O4. The van der Waals surface area contributed by atoms with Crippen LogP contribution in [0.25, 0.3) is 0 Å². The molecule has 4 unspecified atom stereocenters. The smallest absolute Gasteiger partial charge is 0.318 e. The molecule has 1 aromatic heterocycles. The summed E-state index contributed by atoms with van der Waals surface area (Å²) < 4.78 is 5.40. The molecular weight excluding hydrogens is 274 g/mol. The Balaban J connectivity index is 1.67. The van der Waals surface area contributed by atoms with Crippen LogP contribution in [0, 0.1) is 12.8 Å². The number of hydrogen-bond donors (Lipinski definition) is 2. The van der Waals surface area contributed by atoms with Crippen LogP contribution < -0.4 is 5.32 Å². The molecule has 2 amide bonds. The Morgan fingerprint density at radius 1 is 1.52 bits per heavy atom. The number of aromatic nitrogens is 1. The molecule has 2 saturated heterocycles. The van der Waals surface area contributed by atoms with Gasteiger partial charge in [-0.25, -0.2) is 9.78 Å². The predicted molar refractivity (Wildman–Crippen MR) is 72.6 cm³/mol. The highest BCUT2D eigenvalue weighted by atomic mass is 16.4. The molecule has 1 aromatic rings. The fourth-order valence-electron chi connectivity index (χ4n) is 3.46. The maximum Gasteiger partial charge on any atom is 0.318 e. The first-order valence-electron chi connectivity index (χ1n) is 7.21. The fourth-order valence-corrected chi connectivity index (χ4v) is 3.46. The van der Waals surface area contributed by atoms with E-state index >= 15 is 0 Å². The Morgan fingerprint density at radius 3 is 2.86 bits per heavy atom. The SMILES string of the molecule is Cc1cnc(C(C)NC(=O)N2C3CCC2C(C(=O)O)C3)o1. The zero-order chi connectivity index (χ0) is 15.1. The fraction of sp³-hybridized carbons (Fsp3) is 0.643. The highest BCUT2D eigenvalue weighted by Crippen LogP contribution is 2.41. The minimum Gasteiger partial charge on any atom is -0.481 e. The highest BCUT2D eigenvalue weighted by molar-refractivity contribution is 5.79. The molecule has 0 aliphatic carbocycles. The summed E-state index contributed by atoms with van der Waals surface area (Å²) >= 11 is 0. The molecule has 0 aromatic carbocycles. The summed E-state index contributed by atoms with van der Waals surface area (Å²) in [7, 11) is 0. The van der Waals surface area contributed by atoms with Crippen LogP contribution in [-0.4, -0.2) is 39.1 Å². The normalized spacial score (nSPS) is 28.7. The van der Waals surface area contributed by atoms with E-state index in [1.54, 1.807) is 24.9 Å². The van der Waals surface area contributed by atoms with E-state index in [-0.39, 0.29) is 24.2 Å². The number of fused-ring (bicyclic) bond motifs is 2. The van der Waals surface area contributed by atoms with Crippen molar-refractivity contribution in [2.45, 2.75) is 51.2 Å².